The van der Waals surface area contributed by atoms with Crippen LogP contribution in [0.2, 0.25) is 0 Å². The van der Waals surface area contributed by atoms with Crippen molar-refractivity contribution in [1.82, 2.24) is 14.8 Å². The molecule has 0 radical (unpaired) electrons. The predicted octanol–water partition coefficient (Wildman–Crippen LogP) is 1.71. The van der Waals surface area contributed by atoms with Crippen molar-refractivity contribution in [3.05, 3.63) is 44.6 Å². The first-order valence-corrected chi connectivity index (χ1v) is 5.68. The van der Waals surface area contributed by atoms with Gasteiger partial charge in [0.2, 0.25) is 4.77 Å². The molecule has 0 bridgehead atoms. The molecular formula is C11H11N3OS. The van der Waals surface area contributed by atoms with Gasteiger partial charge in [-0.25, -0.2) is 14.5 Å². The van der Waals surface area contributed by atoms with Gasteiger partial charge >= 0.3 is 5.69 Å². The summed E-state index contributed by atoms with van der Waals surface area (Å²) >= 11 is 5.06. The van der Waals surface area contributed by atoms with E-state index in [1.54, 1.807) is 0 Å². The molecule has 0 aliphatic heterocycles. The van der Waals surface area contributed by atoms with E-state index in [2.05, 4.69) is 22.3 Å². The zero-order chi connectivity index (χ0) is 11.1. The zero-order valence-corrected chi connectivity index (χ0v) is 9.43. The minimum absolute atomic E-state index is 0.219. The first-order valence-electron chi connectivity index (χ1n) is 5.27. The van der Waals surface area contributed by atoms with Gasteiger partial charge < -0.3 is 0 Å². The van der Waals surface area contributed by atoms with Crippen LogP contribution >= 0.6 is 12.2 Å². The first-order chi connectivity index (χ1) is 7.75. The Bertz CT molecular complexity index is 622. The van der Waals surface area contributed by atoms with E-state index in [0.29, 0.717) is 4.77 Å². The van der Waals surface area contributed by atoms with E-state index in [-0.39, 0.29) is 5.69 Å². The molecule has 0 atom stereocenters. The second-order valence-electron chi connectivity index (χ2n) is 4.00. The predicted molar refractivity (Wildman–Crippen MR) is 63.6 cm³/mol. The number of aromatic amines is 2. The molecule has 1 aromatic carbocycles. The SMILES string of the molecule is O=c1[nH][nH]c(=S)n1-c1ccc2c(c1)CCC2. The summed E-state index contributed by atoms with van der Waals surface area (Å²) < 4.78 is 1.89. The number of nitrogens with zero attached hydrogens (tertiary/aromatic N) is 1. The number of hydrogen-bond acceptors (Lipinski definition) is 2. The maximum Gasteiger partial charge on any atom is 0.347 e. The fourth-order valence-electron chi connectivity index (χ4n) is 2.24. The Morgan fingerprint density at radius 2 is 2.00 bits per heavy atom. The Labute approximate surface area is 96.9 Å². The van der Waals surface area contributed by atoms with E-state index in [9.17, 15) is 4.79 Å². The minimum atomic E-state index is -0.219. The highest BCUT2D eigenvalue weighted by molar-refractivity contribution is 7.71. The second-order valence-corrected chi connectivity index (χ2v) is 4.39. The van der Waals surface area contributed by atoms with Crippen LogP contribution in [0.5, 0.6) is 0 Å². The molecule has 2 N–H and O–H groups in total. The third kappa shape index (κ3) is 1.36. The Hall–Kier alpha value is -1.62. The summed E-state index contributed by atoms with van der Waals surface area (Å²) in [7, 11) is 0. The lowest BCUT2D eigenvalue weighted by molar-refractivity contribution is 0.911. The molecule has 0 unspecified atom stereocenters. The van der Waals surface area contributed by atoms with Crippen molar-refractivity contribution >= 4 is 12.2 Å². The number of aryl methyl sites for hydroxylation is 2. The van der Waals surface area contributed by atoms with Crippen LogP contribution in [0.1, 0.15) is 17.5 Å². The normalized spacial score (nSPS) is 14.0. The Morgan fingerprint density at radius 3 is 2.75 bits per heavy atom. The summed E-state index contributed by atoms with van der Waals surface area (Å²) in [6.45, 7) is 0. The number of hydrogen-bond donors (Lipinski definition) is 2. The van der Waals surface area contributed by atoms with Gasteiger partial charge in [-0.3, -0.25) is 5.10 Å². The summed E-state index contributed by atoms with van der Waals surface area (Å²) in [6, 6.07) is 6.09. The van der Waals surface area contributed by atoms with Crippen molar-refractivity contribution in [1.29, 1.82) is 0 Å². The molecule has 3 rings (SSSR count). The van der Waals surface area contributed by atoms with Gasteiger partial charge in [-0.1, -0.05) is 6.07 Å². The van der Waals surface area contributed by atoms with Gasteiger partial charge in [0.1, 0.15) is 0 Å². The van der Waals surface area contributed by atoms with E-state index in [1.807, 2.05) is 6.07 Å². The van der Waals surface area contributed by atoms with Crippen molar-refractivity contribution < 1.29 is 0 Å². The zero-order valence-electron chi connectivity index (χ0n) is 8.62. The van der Waals surface area contributed by atoms with Crippen molar-refractivity contribution in [2.24, 2.45) is 0 Å². The van der Waals surface area contributed by atoms with E-state index in [1.165, 1.54) is 22.1 Å². The lowest BCUT2D eigenvalue weighted by atomic mass is 10.1. The van der Waals surface area contributed by atoms with Crippen molar-refractivity contribution in [3.63, 3.8) is 0 Å². The monoisotopic (exact) mass is 233 g/mol. The fraction of sp³-hybridized carbons (Fsp3) is 0.273. The van der Waals surface area contributed by atoms with Gasteiger partial charge in [0, 0.05) is 0 Å². The largest absolute Gasteiger partial charge is 0.347 e. The highest BCUT2D eigenvalue weighted by Crippen LogP contribution is 2.23. The third-order valence-corrected chi connectivity index (χ3v) is 3.31. The number of fused-ring (bicyclic) bond motifs is 1. The summed E-state index contributed by atoms with van der Waals surface area (Å²) in [4.78, 5) is 11.6. The number of rotatable bonds is 1. The molecule has 82 valence electrons. The van der Waals surface area contributed by atoms with Gasteiger partial charge in [-0.2, -0.15) is 0 Å². The Balaban J connectivity index is 2.22. The average molecular weight is 233 g/mol. The van der Waals surface area contributed by atoms with Crippen LogP contribution in [-0.4, -0.2) is 14.8 Å². The quantitative estimate of drug-likeness (QED) is 0.737. The number of benzene rings is 1. The Kier molecular flexibility index (Phi) is 2.07. The molecule has 5 heteroatoms. The molecule has 1 aliphatic carbocycles. The number of aromatic nitrogens is 3. The summed E-state index contributed by atoms with van der Waals surface area (Å²) in [5, 5.41) is 5.12. The molecule has 16 heavy (non-hydrogen) atoms. The number of nitrogens with one attached hydrogen (secondary N) is 2. The van der Waals surface area contributed by atoms with Gasteiger partial charge in [-0.15, -0.1) is 0 Å². The number of H-pyrrole nitrogens is 2. The molecule has 1 aromatic heterocycles. The van der Waals surface area contributed by atoms with Crippen LogP contribution in [0.15, 0.2) is 23.0 Å². The van der Waals surface area contributed by atoms with Gasteiger partial charge in [0.05, 0.1) is 5.69 Å². The van der Waals surface area contributed by atoms with Gasteiger partial charge in [0.15, 0.2) is 0 Å². The molecule has 0 saturated carbocycles. The minimum Gasteiger partial charge on any atom is -0.272 e. The molecule has 2 aromatic rings. The lowest BCUT2D eigenvalue weighted by Gasteiger charge is -2.03. The summed E-state index contributed by atoms with van der Waals surface area (Å²) in [6.07, 6.45) is 3.44. The van der Waals surface area contributed by atoms with Crippen molar-refractivity contribution in [3.8, 4) is 5.69 Å². The van der Waals surface area contributed by atoms with Crippen LogP contribution in [-0.2, 0) is 12.8 Å². The van der Waals surface area contributed by atoms with E-state index >= 15 is 0 Å². The van der Waals surface area contributed by atoms with Crippen LogP contribution < -0.4 is 5.69 Å². The smallest absolute Gasteiger partial charge is 0.272 e. The maximum atomic E-state index is 11.6. The maximum absolute atomic E-state index is 11.6. The second kappa shape index (κ2) is 3.45. The van der Waals surface area contributed by atoms with Gasteiger partial charge in [0.25, 0.3) is 0 Å². The summed E-state index contributed by atoms with van der Waals surface area (Å²) in [5.74, 6) is 0. The fourth-order valence-corrected chi connectivity index (χ4v) is 2.48. The van der Waals surface area contributed by atoms with Gasteiger partial charge in [-0.05, 0) is 54.7 Å². The molecule has 0 fully saturated rings. The standard InChI is InChI=1S/C11H11N3OS/c15-10-12-13-11(16)14(10)9-5-4-7-2-1-3-8(7)6-9/h4-6H,1-3H2,(H,12,15)(H,13,16). The molecule has 0 saturated heterocycles. The average Bonchev–Trinajstić information content (AvgIpc) is 2.85. The van der Waals surface area contributed by atoms with Crippen molar-refractivity contribution in [2.45, 2.75) is 19.3 Å². The van der Waals surface area contributed by atoms with E-state index in [0.717, 1.165) is 18.5 Å². The van der Waals surface area contributed by atoms with Crippen molar-refractivity contribution in [2.75, 3.05) is 0 Å². The topological polar surface area (TPSA) is 53.6 Å². The molecule has 0 spiro atoms. The van der Waals surface area contributed by atoms with Crippen LogP contribution in [0.3, 0.4) is 0 Å². The van der Waals surface area contributed by atoms with E-state index in [4.69, 9.17) is 12.2 Å². The molecule has 1 heterocycles. The van der Waals surface area contributed by atoms with Crippen LogP contribution in [0, 0.1) is 4.77 Å². The first kappa shape index (κ1) is 9.59. The van der Waals surface area contributed by atoms with E-state index < -0.39 is 0 Å². The molecule has 0 amide bonds. The molecule has 4 nitrogen and oxygen atoms in total. The molecule has 1 aliphatic rings. The van der Waals surface area contributed by atoms with Crippen LogP contribution in [0.4, 0.5) is 0 Å². The highest BCUT2D eigenvalue weighted by atomic mass is 32.1. The Morgan fingerprint density at radius 1 is 1.19 bits per heavy atom. The third-order valence-electron chi connectivity index (χ3n) is 3.02. The van der Waals surface area contributed by atoms with Crippen LogP contribution in [0.25, 0.3) is 5.69 Å². The molecular weight excluding hydrogens is 222 g/mol. The summed E-state index contributed by atoms with van der Waals surface area (Å²) in [5.41, 5.74) is 3.35. The lowest BCUT2D eigenvalue weighted by Crippen LogP contribution is -2.15. The highest BCUT2D eigenvalue weighted by Gasteiger charge is 2.12.